The predicted molar refractivity (Wildman–Crippen MR) is 55.1 cm³/mol. The van der Waals surface area contributed by atoms with Crippen LogP contribution in [0.4, 0.5) is 10.1 Å². The number of nitriles is 1. The molecular weight excluding hydrogens is 213 g/mol. The first-order chi connectivity index (χ1) is 7.58. The molecule has 0 fully saturated rings. The van der Waals surface area contributed by atoms with E-state index < -0.39 is 5.82 Å². The lowest BCUT2D eigenvalue weighted by atomic mass is 10.2. The normalized spacial score (nSPS) is 9.31. The van der Waals surface area contributed by atoms with E-state index in [9.17, 15) is 9.18 Å². The molecule has 0 atom stereocenters. The topological polar surface area (TPSA) is 88.1 Å². The minimum atomic E-state index is -0.744. The van der Waals surface area contributed by atoms with Crippen LogP contribution in [0.5, 0.6) is 5.75 Å². The fourth-order valence-corrected chi connectivity index (χ4v) is 0.990. The van der Waals surface area contributed by atoms with Gasteiger partial charge in [-0.05, 0) is 0 Å². The first-order valence-corrected chi connectivity index (χ1v) is 4.41. The molecule has 0 saturated carbocycles. The summed E-state index contributed by atoms with van der Waals surface area (Å²) in [6.07, 6.45) is 0. The average Bonchev–Trinajstić information content (AvgIpc) is 2.29. The highest BCUT2D eigenvalue weighted by atomic mass is 19.1. The Balaban J connectivity index is 2.87. The number of amides is 1. The number of carbonyl (C=O) groups excluding carboxylic acids is 1. The molecule has 1 aromatic carbocycles. The minimum absolute atomic E-state index is 0.0214. The number of halogens is 1. The van der Waals surface area contributed by atoms with Gasteiger partial charge in [-0.25, -0.2) is 4.39 Å². The van der Waals surface area contributed by atoms with Gasteiger partial charge in [-0.15, -0.1) is 0 Å². The van der Waals surface area contributed by atoms with Gasteiger partial charge in [-0.3, -0.25) is 4.79 Å². The van der Waals surface area contributed by atoms with Crippen molar-refractivity contribution in [1.29, 1.82) is 5.26 Å². The molecule has 0 radical (unpaired) electrons. The Hall–Kier alpha value is -2.29. The van der Waals surface area contributed by atoms with Crippen molar-refractivity contribution in [1.82, 2.24) is 5.32 Å². The second-order valence-electron chi connectivity index (χ2n) is 2.94. The van der Waals surface area contributed by atoms with Gasteiger partial charge in [0.2, 0.25) is 0 Å². The van der Waals surface area contributed by atoms with Crippen LogP contribution in [-0.4, -0.2) is 19.6 Å². The molecule has 0 aliphatic carbocycles. The molecule has 16 heavy (non-hydrogen) atoms. The largest absolute Gasteiger partial charge is 0.484 e. The van der Waals surface area contributed by atoms with E-state index in [-0.39, 0.29) is 29.5 Å². The molecule has 0 heterocycles. The standard InChI is InChI=1S/C10H10FN3O2/c1-14-9(15)5-16-7-2-6(4-12)10(13)8(11)3-7/h2-3H,5,13H2,1H3,(H,14,15). The van der Waals surface area contributed by atoms with Crippen LogP contribution in [0.15, 0.2) is 12.1 Å². The van der Waals surface area contributed by atoms with Gasteiger partial charge in [-0.2, -0.15) is 5.26 Å². The lowest BCUT2D eigenvalue weighted by Gasteiger charge is -2.07. The second kappa shape index (κ2) is 4.98. The van der Waals surface area contributed by atoms with Crippen molar-refractivity contribution >= 4 is 11.6 Å². The lowest BCUT2D eigenvalue weighted by Crippen LogP contribution is -2.24. The second-order valence-corrected chi connectivity index (χ2v) is 2.94. The Labute approximate surface area is 91.6 Å². The van der Waals surface area contributed by atoms with E-state index in [2.05, 4.69) is 5.32 Å². The van der Waals surface area contributed by atoms with Gasteiger partial charge in [0.25, 0.3) is 5.91 Å². The van der Waals surface area contributed by atoms with Crippen molar-refractivity contribution in [3.63, 3.8) is 0 Å². The van der Waals surface area contributed by atoms with Crippen molar-refractivity contribution in [2.75, 3.05) is 19.4 Å². The van der Waals surface area contributed by atoms with E-state index in [4.69, 9.17) is 15.7 Å². The van der Waals surface area contributed by atoms with Crippen LogP contribution in [0.2, 0.25) is 0 Å². The van der Waals surface area contributed by atoms with Crippen LogP contribution < -0.4 is 15.8 Å². The summed E-state index contributed by atoms with van der Waals surface area (Å²) in [6, 6.07) is 4.04. The summed E-state index contributed by atoms with van der Waals surface area (Å²) in [5.74, 6) is -1.01. The first kappa shape index (κ1) is 11.8. The van der Waals surface area contributed by atoms with E-state index in [1.807, 2.05) is 0 Å². The third-order valence-corrected chi connectivity index (χ3v) is 1.87. The molecule has 0 aliphatic rings. The van der Waals surface area contributed by atoms with Crippen LogP contribution in [-0.2, 0) is 4.79 Å². The Morgan fingerprint density at radius 2 is 2.38 bits per heavy atom. The number of benzene rings is 1. The molecule has 0 unspecified atom stereocenters. The van der Waals surface area contributed by atoms with Crippen LogP contribution in [0.3, 0.4) is 0 Å². The van der Waals surface area contributed by atoms with Gasteiger partial charge in [0, 0.05) is 19.2 Å². The van der Waals surface area contributed by atoms with E-state index >= 15 is 0 Å². The minimum Gasteiger partial charge on any atom is -0.484 e. The van der Waals surface area contributed by atoms with Crippen molar-refractivity contribution in [3.05, 3.63) is 23.5 Å². The summed E-state index contributed by atoms with van der Waals surface area (Å²) in [5.41, 5.74) is 5.06. The maximum absolute atomic E-state index is 13.2. The maximum Gasteiger partial charge on any atom is 0.257 e. The third kappa shape index (κ3) is 2.60. The summed E-state index contributed by atoms with van der Waals surface area (Å²) in [5, 5.41) is 11.0. The summed E-state index contributed by atoms with van der Waals surface area (Å²) >= 11 is 0. The highest BCUT2D eigenvalue weighted by Crippen LogP contribution is 2.22. The summed E-state index contributed by atoms with van der Waals surface area (Å²) in [6.45, 7) is -0.245. The Morgan fingerprint density at radius 1 is 1.69 bits per heavy atom. The van der Waals surface area contributed by atoms with Gasteiger partial charge in [0.1, 0.15) is 11.8 Å². The molecule has 84 valence electrons. The Kier molecular flexibility index (Phi) is 3.67. The molecule has 1 rings (SSSR count). The quantitative estimate of drug-likeness (QED) is 0.726. The molecule has 0 spiro atoms. The fraction of sp³-hybridized carbons (Fsp3) is 0.200. The molecule has 0 aliphatic heterocycles. The summed E-state index contributed by atoms with van der Waals surface area (Å²) < 4.78 is 18.2. The Morgan fingerprint density at radius 3 is 2.94 bits per heavy atom. The monoisotopic (exact) mass is 223 g/mol. The van der Waals surface area contributed by atoms with Gasteiger partial charge < -0.3 is 15.8 Å². The molecule has 6 heteroatoms. The molecule has 0 aromatic heterocycles. The van der Waals surface area contributed by atoms with Crippen LogP contribution >= 0.6 is 0 Å². The maximum atomic E-state index is 13.2. The van der Waals surface area contributed by atoms with Crippen LogP contribution in [0.1, 0.15) is 5.56 Å². The number of anilines is 1. The van der Waals surface area contributed by atoms with E-state index in [0.29, 0.717) is 0 Å². The number of nitrogens with zero attached hydrogens (tertiary/aromatic N) is 1. The summed E-state index contributed by atoms with van der Waals surface area (Å²) in [7, 11) is 1.45. The molecule has 1 amide bonds. The van der Waals surface area contributed by atoms with Gasteiger partial charge in [-0.1, -0.05) is 0 Å². The van der Waals surface area contributed by atoms with Crippen molar-refractivity contribution in [2.24, 2.45) is 0 Å². The van der Waals surface area contributed by atoms with Crippen molar-refractivity contribution < 1.29 is 13.9 Å². The number of hydrogen-bond acceptors (Lipinski definition) is 4. The van der Waals surface area contributed by atoms with Gasteiger partial charge in [0.15, 0.2) is 12.4 Å². The van der Waals surface area contributed by atoms with Crippen LogP contribution in [0, 0.1) is 17.1 Å². The number of ether oxygens (including phenoxy) is 1. The fourth-order valence-electron chi connectivity index (χ4n) is 0.990. The first-order valence-electron chi connectivity index (χ1n) is 4.41. The number of nitrogen functional groups attached to an aromatic ring is 1. The average molecular weight is 223 g/mol. The van der Waals surface area contributed by atoms with Gasteiger partial charge >= 0.3 is 0 Å². The van der Waals surface area contributed by atoms with E-state index in [1.54, 1.807) is 6.07 Å². The third-order valence-electron chi connectivity index (χ3n) is 1.87. The van der Waals surface area contributed by atoms with Crippen molar-refractivity contribution in [2.45, 2.75) is 0 Å². The van der Waals surface area contributed by atoms with Gasteiger partial charge in [0.05, 0.1) is 11.3 Å². The smallest absolute Gasteiger partial charge is 0.257 e. The Bertz CT molecular complexity index is 454. The number of nitrogens with two attached hydrogens (primary N) is 1. The predicted octanol–water partition coefficient (Wildman–Crippen LogP) is 0.404. The van der Waals surface area contributed by atoms with Crippen molar-refractivity contribution in [3.8, 4) is 11.8 Å². The molecule has 0 saturated heterocycles. The van der Waals surface area contributed by atoms with E-state index in [0.717, 1.165) is 6.07 Å². The van der Waals surface area contributed by atoms with Crippen LogP contribution in [0.25, 0.3) is 0 Å². The zero-order valence-corrected chi connectivity index (χ0v) is 8.58. The number of carbonyl (C=O) groups is 1. The number of hydrogen-bond donors (Lipinski definition) is 2. The SMILES string of the molecule is CNC(=O)COc1cc(F)c(N)c(C#N)c1. The number of likely N-dealkylation sites (N-methyl/N-ethyl adjacent to an activating group) is 1. The number of nitrogens with one attached hydrogen (secondary N) is 1. The molecule has 1 aromatic rings. The molecular formula is C10H10FN3O2. The highest BCUT2D eigenvalue weighted by molar-refractivity contribution is 5.77. The zero-order valence-electron chi connectivity index (χ0n) is 8.58. The number of rotatable bonds is 3. The highest BCUT2D eigenvalue weighted by Gasteiger charge is 2.09. The molecule has 0 bridgehead atoms. The molecule has 3 N–H and O–H groups in total. The summed E-state index contributed by atoms with van der Waals surface area (Å²) in [4.78, 5) is 10.9. The zero-order chi connectivity index (χ0) is 12.1. The molecule has 5 nitrogen and oxygen atoms in total. The van der Waals surface area contributed by atoms with E-state index in [1.165, 1.54) is 13.1 Å². The lowest BCUT2D eigenvalue weighted by molar-refractivity contribution is -0.122.